The highest BCUT2D eigenvalue weighted by molar-refractivity contribution is 6.03. The van der Waals surface area contributed by atoms with E-state index in [2.05, 4.69) is 15.6 Å². The molecule has 2 aromatic carbocycles. The van der Waals surface area contributed by atoms with Crippen molar-refractivity contribution >= 4 is 29.3 Å². The van der Waals surface area contributed by atoms with Crippen LogP contribution in [0.3, 0.4) is 0 Å². The van der Waals surface area contributed by atoms with Crippen LogP contribution in [-0.2, 0) is 16.0 Å². The van der Waals surface area contributed by atoms with Crippen LogP contribution in [0.5, 0.6) is 23.0 Å². The predicted molar refractivity (Wildman–Crippen MR) is 133 cm³/mol. The number of pyridine rings is 1. The Bertz CT molecular complexity index is 1190. The van der Waals surface area contributed by atoms with Gasteiger partial charge in [0.15, 0.2) is 0 Å². The van der Waals surface area contributed by atoms with Crippen molar-refractivity contribution in [1.82, 2.24) is 4.98 Å². The topological polar surface area (TPSA) is 108 Å². The molecule has 0 saturated carbocycles. The Morgan fingerprint density at radius 3 is 2.17 bits per heavy atom. The lowest BCUT2D eigenvalue weighted by molar-refractivity contribution is -0.115. The lowest BCUT2D eigenvalue weighted by Crippen LogP contribution is -2.16. The van der Waals surface area contributed by atoms with Crippen LogP contribution >= 0.6 is 0 Å². The number of amides is 2. The van der Waals surface area contributed by atoms with Crippen LogP contribution in [0.1, 0.15) is 11.3 Å². The largest absolute Gasteiger partial charge is 0.496 e. The molecule has 0 bridgehead atoms. The molecule has 1 heterocycles. The molecule has 0 unspecified atom stereocenters. The molecular formula is C26H27N3O6. The third kappa shape index (κ3) is 6.73. The molecule has 1 aromatic heterocycles. The van der Waals surface area contributed by atoms with Crippen LogP contribution in [-0.4, -0.2) is 45.2 Å². The average molecular weight is 478 g/mol. The van der Waals surface area contributed by atoms with Gasteiger partial charge in [0.25, 0.3) is 0 Å². The summed E-state index contributed by atoms with van der Waals surface area (Å²) in [5, 5.41) is 5.58. The van der Waals surface area contributed by atoms with E-state index in [0.717, 1.165) is 0 Å². The number of ether oxygens (including phenoxy) is 4. The predicted octanol–water partition coefficient (Wildman–Crippen LogP) is 3.95. The molecule has 35 heavy (non-hydrogen) atoms. The van der Waals surface area contributed by atoms with Crippen molar-refractivity contribution in [1.29, 1.82) is 0 Å². The Morgan fingerprint density at radius 1 is 0.857 bits per heavy atom. The monoisotopic (exact) mass is 477 g/mol. The summed E-state index contributed by atoms with van der Waals surface area (Å²) in [7, 11) is 6.08. The summed E-state index contributed by atoms with van der Waals surface area (Å²) in [6.45, 7) is 0. The Labute approximate surface area is 203 Å². The van der Waals surface area contributed by atoms with Gasteiger partial charge >= 0.3 is 0 Å². The lowest BCUT2D eigenvalue weighted by atomic mass is 10.1. The van der Waals surface area contributed by atoms with Gasteiger partial charge < -0.3 is 29.6 Å². The third-order valence-corrected chi connectivity index (χ3v) is 4.96. The number of carbonyl (C=O) groups is 2. The first-order chi connectivity index (χ1) is 17.0. The van der Waals surface area contributed by atoms with Crippen molar-refractivity contribution in [3.05, 3.63) is 72.1 Å². The minimum Gasteiger partial charge on any atom is -0.496 e. The van der Waals surface area contributed by atoms with Crippen LogP contribution in [0.25, 0.3) is 6.08 Å². The van der Waals surface area contributed by atoms with E-state index < -0.39 is 0 Å². The Kier molecular flexibility index (Phi) is 8.66. The van der Waals surface area contributed by atoms with E-state index in [4.69, 9.17) is 18.9 Å². The second-order valence-electron chi connectivity index (χ2n) is 7.23. The van der Waals surface area contributed by atoms with E-state index in [0.29, 0.717) is 45.6 Å². The number of aromatic nitrogens is 1. The minimum absolute atomic E-state index is 0.106. The molecule has 0 saturated heterocycles. The number of benzene rings is 2. The number of nitrogens with zero attached hydrogens (tertiary/aromatic N) is 1. The van der Waals surface area contributed by atoms with Crippen LogP contribution in [0, 0.1) is 0 Å². The summed E-state index contributed by atoms with van der Waals surface area (Å²) in [5.74, 6) is 1.36. The van der Waals surface area contributed by atoms with Crippen LogP contribution < -0.4 is 29.6 Å². The van der Waals surface area contributed by atoms with Crippen molar-refractivity contribution < 1.29 is 28.5 Å². The molecule has 3 aromatic rings. The molecule has 0 aliphatic heterocycles. The van der Waals surface area contributed by atoms with E-state index in [1.54, 1.807) is 61.8 Å². The van der Waals surface area contributed by atoms with Crippen molar-refractivity contribution in [2.24, 2.45) is 0 Å². The fourth-order valence-electron chi connectivity index (χ4n) is 3.28. The maximum Gasteiger partial charge on any atom is 0.248 e. The van der Waals surface area contributed by atoms with E-state index in [-0.39, 0.29) is 18.2 Å². The zero-order chi connectivity index (χ0) is 25.2. The van der Waals surface area contributed by atoms with Crippen LogP contribution in [0.15, 0.2) is 60.8 Å². The van der Waals surface area contributed by atoms with Gasteiger partial charge in [-0.3, -0.25) is 14.6 Å². The van der Waals surface area contributed by atoms with E-state index >= 15 is 0 Å². The first-order valence-electron chi connectivity index (χ1n) is 10.6. The molecular weight excluding hydrogens is 450 g/mol. The molecule has 3 rings (SSSR count). The number of hydrogen-bond donors (Lipinski definition) is 2. The van der Waals surface area contributed by atoms with Crippen molar-refractivity contribution in [3.8, 4) is 23.0 Å². The minimum atomic E-state index is -0.388. The molecule has 0 fully saturated rings. The number of nitrogens with one attached hydrogen (secondary N) is 2. The molecule has 2 N–H and O–H groups in total. The highest BCUT2D eigenvalue weighted by Gasteiger charge is 2.13. The summed E-state index contributed by atoms with van der Waals surface area (Å²) < 4.78 is 21.4. The van der Waals surface area contributed by atoms with Gasteiger partial charge in [0.1, 0.15) is 23.0 Å². The highest BCUT2D eigenvalue weighted by Crippen LogP contribution is 2.35. The molecule has 9 nitrogen and oxygen atoms in total. The van der Waals surface area contributed by atoms with E-state index in [1.165, 1.54) is 27.4 Å². The molecule has 0 aliphatic rings. The van der Waals surface area contributed by atoms with Crippen LogP contribution in [0.4, 0.5) is 11.4 Å². The number of methoxy groups -OCH3 is 4. The van der Waals surface area contributed by atoms with Gasteiger partial charge in [-0.1, -0.05) is 6.07 Å². The van der Waals surface area contributed by atoms with Gasteiger partial charge in [-0.25, -0.2) is 0 Å². The zero-order valence-electron chi connectivity index (χ0n) is 20.0. The molecule has 182 valence electrons. The lowest BCUT2D eigenvalue weighted by Gasteiger charge is -2.13. The smallest absolute Gasteiger partial charge is 0.248 e. The number of hydrogen-bond acceptors (Lipinski definition) is 7. The Morgan fingerprint density at radius 2 is 1.57 bits per heavy atom. The molecule has 0 atom stereocenters. The summed E-state index contributed by atoms with van der Waals surface area (Å²) in [6.07, 6.45) is 4.68. The maximum atomic E-state index is 12.6. The van der Waals surface area contributed by atoms with Gasteiger partial charge in [0.05, 0.1) is 46.1 Å². The quantitative estimate of drug-likeness (QED) is 0.426. The molecule has 0 aliphatic carbocycles. The number of carbonyl (C=O) groups excluding carboxylic acids is 2. The fraction of sp³-hybridized carbons (Fsp3) is 0.192. The molecule has 2 amide bonds. The number of rotatable bonds is 10. The van der Waals surface area contributed by atoms with Crippen LogP contribution in [0.2, 0.25) is 0 Å². The molecule has 0 radical (unpaired) electrons. The normalized spacial score (nSPS) is 10.5. The molecule has 9 heteroatoms. The Hall–Kier alpha value is -4.53. The maximum absolute atomic E-state index is 12.6. The van der Waals surface area contributed by atoms with Gasteiger partial charge in [0.2, 0.25) is 11.8 Å². The Balaban J connectivity index is 1.74. The van der Waals surface area contributed by atoms with Gasteiger partial charge in [0, 0.05) is 35.8 Å². The first-order valence-corrected chi connectivity index (χ1v) is 10.6. The SMILES string of the molecule is COc1cc(OC)c(C=CC(=O)Nc2ccc(OC)c(NC(=O)Cc3ccccn3)c2)c(OC)c1. The summed E-state index contributed by atoms with van der Waals surface area (Å²) in [4.78, 5) is 29.2. The van der Waals surface area contributed by atoms with Crippen molar-refractivity contribution in [2.75, 3.05) is 39.1 Å². The second-order valence-corrected chi connectivity index (χ2v) is 7.23. The standard InChI is InChI=1S/C26H27N3O6/c1-32-19-15-23(34-3)20(24(16-19)35-4)9-11-25(30)28-18-8-10-22(33-2)21(13-18)29-26(31)14-17-7-5-6-12-27-17/h5-13,15-16H,14H2,1-4H3,(H,28,30)(H,29,31). The summed E-state index contributed by atoms with van der Waals surface area (Å²) >= 11 is 0. The van der Waals surface area contributed by atoms with E-state index in [1.807, 2.05) is 6.07 Å². The summed E-state index contributed by atoms with van der Waals surface area (Å²) in [5.41, 5.74) is 2.13. The van der Waals surface area contributed by atoms with Gasteiger partial charge in [-0.15, -0.1) is 0 Å². The highest BCUT2D eigenvalue weighted by atomic mass is 16.5. The molecule has 0 spiro atoms. The number of anilines is 2. The second kappa shape index (κ2) is 12.1. The third-order valence-electron chi connectivity index (χ3n) is 4.96. The first kappa shape index (κ1) is 25.1. The average Bonchev–Trinajstić information content (AvgIpc) is 2.87. The summed E-state index contributed by atoms with van der Waals surface area (Å²) in [6, 6.07) is 13.7. The fourth-order valence-corrected chi connectivity index (χ4v) is 3.28. The van der Waals surface area contributed by atoms with Gasteiger partial charge in [-0.05, 0) is 36.4 Å². The van der Waals surface area contributed by atoms with Crippen molar-refractivity contribution in [2.45, 2.75) is 6.42 Å². The van der Waals surface area contributed by atoms with Gasteiger partial charge in [-0.2, -0.15) is 0 Å². The van der Waals surface area contributed by atoms with E-state index in [9.17, 15) is 9.59 Å². The zero-order valence-corrected chi connectivity index (χ0v) is 20.0. The van der Waals surface area contributed by atoms with Crippen molar-refractivity contribution in [3.63, 3.8) is 0 Å².